The molecular formula is C14H10Cl2N2O4. The summed E-state index contributed by atoms with van der Waals surface area (Å²) in [5, 5.41) is 23.0. The maximum atomic E-state index is 12.0. The highest BCUT2D eigenvalue weighted by Gasteiger charge is 2.12. The van der Waals surface area contributed by atoms with Crippen LogP contribution in [0, 0.1) is 10.1 Å². The molecule has 0 radical (unpaired) electrons. The minimum atomic E-state index is -0.566. The fourth-order valence-electron chi connectivity index (χ4n) is 1.74. The van der Waals surface area contributed by atoms with E-state index in [1.165, 1.54) is 36.4 Å². The monoisotopic (exact) mass is 340 g/mol. The number of benzene rings is 2. The molecule has 0 aliphatic carbocycles. The second kappa shape index (κ2) is 6.64. The Labute approximate surface area is 135 Å². The molecule has 0 heterocycles. The number of nitro benzene ring substituents is 1. The molecule has 2 aromatic rings. The molecular weight excluding hydrogens is 331 g/mol. The lowest BCUT2D eigenvalue weighted by Crippen LogP contribution is -2.14. The van der Waals surface area contributed by atoms with Crippen LogP contribution in [0.2, 0.25) is 10.0 Å². The second-order valence-electron chi connectivity index (χ2n) is 4.37. The molecule has 0 bridgehead atoms. The third kappa shape index (κ3) is 3.66. The molecule has 0 unspecified atom stereocenters. The lowest BCUT2D eigenvalue weighted by Gasteiger charge is -2.08. The van der Waals surface area contributed by atoms with Crippen LogP contribution in [-0.2, 0) is 0 Å². The van der Waals surface area contributed by atoms with Crippen molar-refractivity contribution >= 4 is 40.4 Å². The summed E-state index contributed by atoms with van der Waals surface area (Å²) in [5.41, 5.74) is 0.519. The summed E-state index contributed by atoms with van der Waals surface area (Å²) in [6.07, 6.45) is 0. The van der Waals surface area contributed by atoms with Gasteiger partial charge in [0.1, 0.15) is 0 Å². The third-order valence-corrected chi connectivity index (χ3v) is 3.43. The summed E-state index contributed by atoms with van der Waals surface area (Å²) >= 11 is 11.5. The number of halogens is 2. The Morgan fingerprint density at radius 3 is 2.45 bits per heavy atom. The molecule has 22 heavy (non-hydrogen) atoms. The standard InChI is InChI=1S/C14H10Cl2N2O4/c15-11-5-9(6-12(16)14(11)20)17-7-13(19)8-2-1-3-10(4-8)18(21)22/h1-6,17,20H,7H2. The molecule has 0 aliphatic heterocycles. The summed E-state index contributed by atoms with van der Waals surface area (Å²) in [6, 6.07) is 8.30. The van der Waals surface area contributed by atoms with E-state index in [1.54, 1.807) is 0 Å². The average Bonchev–Trinajstić information content (AvgIpc) is 2.50. The Morgan fingerprint density at radius 2 is 1.86 bits per heavy atom. The number of anilines is 1. The van der Waals surface area contributed by atoms with Gasteiger partial charge in [0.15, 0.2) is 11.5 Å². The maximum absolute atomic E-state index is 12.0. The van der Waals surface area contributed by atoms with Crippen molar-refractivity contribution in [2.75, 3.05) is 11.9 Å². The van der Waals surface area contributed by atoms with Gasteiger partial charge < -0.3 is 10.4 Å². The van der Waals surface area contributed by atoms with E-state index < -0.39 is 4.92 Å². The van der Waals surface area contributed by atoms with Gasteiger partial charge in [0.05, 0.1) is 21.5 Å². The Bertz CT molecular complexity index is 726. The fourth-order valence-corrected chi connectivity index (χ4v) is 2.23. The first-order chi connectivity index (χ1) is 10.4. The van der Waals surface area contributed by atoms with E-state index in [0.717, 1.165) is 0 Å². The summed E-state index contributed by atoms with van der Waals surface area (Å²) < 4.78 is 0. The van der Waals surface area contributed by atoms with Gasteiger partial charge >= 0.3 is 0 Å². The molecule has 2 rings (SSSR count). The van der Waals surface area contributed by atoms with Gasteiger partial charge in [-0.05, 0) is 12.1 Å². The number of ketones is 1. The molecule has 0 aromatic heterocycles. The van der Waals surface area contributed by atoms with Gasteiger partial charge in [-0.25, -0.2) is 0 Å². The van der Waals surface area contributed by atoms with Crippen molar-refractivity contribution in [3.8, 4) is 5.75 Å². The largest absolute Gasteiger partial charge is 0.505 e. The minimum Gasteiger partial charge on any atom is -0.505 e. The number of nitrogens with one attached hydrogen (secondary N) is 1. The van der Waals surface area contributed by atoms with E-state index in [2.05, 4.69) is 5.32 Å². The molecule has 0 fully saturated rings. The normalized spacial score (nSPS) is 10.3. The molecule has 0 aliphatic rings. The number of nitrogens with zero attached hydrogens (tertiary/aromatic N) is 1. The first-order valence-electron chi connectivity index (χ1n) is 6.08. The molecule has 0 spiro atoms. The molecule has 0 saturated heterocycles. The molecule has 0 amide bonds. The number of hydrogen-bond acceptors (Lipinski definition) is 5. The summed E-state index contributed by atoms with van der Waals surface area (Å²) in [6.45, 7) is -0.0986. The minimum absolute atomic E-state index is 0.0535. The van der Waals surface area contributed by atoms with Gasteiger partial charge in [0.25, 0.3) is 5.69 Å². The smallest absolute Gasteiger partial charge is 0.270 e. The van der Waals surface area contributed by atoms with Gasteiger partial charge in [0.2, 0.25) is 0 Å². The van der Waals surface area contributed by atoms with Crippen LogP contribution in [0.3, 0.4) is 0 Å². The summed E-state index contributed by atoms with van der Waals surface area (Å²) in [7, 11) is 0. The topological polar surface area (TPSA) is 92.5 Å². The number of nitro groups is 1. The lowest BCUT2D eigenvalue weighted by molar-refractivity contribution is -0.384. The van der Waals surface area contributed by atoms with Gasteiger partial charge in [-0.15, -0.1) is 0 Å². The van der Waals surface area contributed by atoms with Crippen LogP contribution in [0.5, 0.6) is 5.75 Å². The number of hydrogen-bond donors (Lipinski definition) is 2. The highest BCUT2D eigenvalue weighted by Crippen LogP contribution is 2.34. The quantitative estimate of drug-likeness (QED) is 0.372. The zero-order valence-electron chi connectivity index (χ0n) is 11.0. The van der Waals surface area contributed by atoms with E-state index >= 15 is 0 Å². The van der Waals surface area contributed by atoms with E-state index in [-0.39, 0.29) is 39.4 Å². The first kappa shape index (κ1) is 16.1. The number of aromatic hydroxyl groups is 1. The average molecular weight is 341 g/mol. The molecule has 2 N–H and O–H groups in total. The van der Waals surface area contributed by atoms with Gasteiger partial charge in [-0.2, -0.15) is 0 Å². The number of carbonyl (C=O) groups excluding carboxylic acids is 1. The number of Topliss-reactive ketones (excluding diaryl/α,β-unsaturated/α-hetero) is 1. The lowest BCUT2D eigenvalue weighted by atomic mass is 10.1. The van der Waals surface area contributed by atoms with E-state index in [9.17, 15) is 20.0 Å². The van der Waals surface area contributed by atoms with Gasteiger partial charge in [-0.1, -0.05) is 35.3 Å². The fraction of sp³-hybridized carbons (Fsp3) is 0.0714. The van der Waals surface area contributed by atoms with Crippen LogP contribution < -0.4 is 5.32 Å². The van der Waals surface area contributed by atoms with Crippen molar-refractivity contribution in [3.63, 3.8) is 0 Å². The molecule has 8 heteroatoms. The number of phenolic OH excluding ortho intramolecular Hbond substituents is 1. The van der Waals surface area contributed by atoms with Crippen molar-refractivity contribution in [2.24, 2.45) is 0 Å². The van der Waals surface area contributed by atoms with Crippen molar-refractivity contribution in [1.29, 1.82) is 0 Å². The number of non-ortho nitro benzene ring substituents is 1. The Morgan fingerprint density at radius 1 is 1.23 bits per heavy atom. The van der Waals surface area contributed by atoms with Crippen molar-refractivity contribution in [1.82, 2.24) is 0 Å². The molecule has 0 saturated carbocycles. The van der Waals surface area contributed by atoms with Crippen LogP contribution in [-0.4, -0.2) is 22.4 Å². The predicted molar refractivity (Wildman–Crippen MR) is 84.0 cm³/mol. The summed E-state index contributed by atoms with van der Waals surface area (Å²) in [5.74, 6) is -0.567. The van der Waals surface area contributed by atoms with Crippen molar-refractivity contribution in [3.05, 3.63) is 62.1 Å². The predicted octanol–water partition coefficient (Wildman–Crippen LogP) is 3.90. The van der Waals surface area contributed by atoms with Crippen LogP contribution in [0.15, 0.2) is 36.4 Å². The van der Waals surface area contributed by atoms with Crippen LogP contribution >= 0.6 is 23.2 Å². The number of carbonyl (C=O) groups is 1. The first-order valence-corrected chi connectivity index (χ1v) is 6.83. The van der Waals surface area contributed by atoms with Gasteiger partial charge in [-0.3, -0.25) is 14.9 Å². The molecule has 0 atom stereocenters. The highest BCUT2D eigenvalue weighted by molar-refractivity contribution is 6.37. The van der Waals surface area contributed by atoms with Crippen molar-refractivity contribution in [2.45, 2.75) is 0 Å². The zero-order chi connectivity index (χ0) is 16.3. The second-order valence-corrected chi connectivity index (χ2v) is 5.19. The van der Waals surface area contributed by atoms with Crippen molar-refractivity contribution < 1.29 is 14.8 Å². The van der Waals surface area contributed by atoms with E-state index in [0.29, 0.717) is 5.69 Å². The van der Waals surface area contributed by atoms with Crippen LogP contribution in [0.1, 0.15) is 10.4 Å². The highest BCUT2D eigenvalue weighted by atomic mass is 35.5. The molecule has 6 nitrogen and oxygen atoms in total. The maximum Gasteiger partial charge on any atom is 0.270 e. The Balaban J connectivity index is 2.10. The Kier molecular flexibility index (Phi) is 4.85. The number of rotatable bonds is 5. The van der Waals surface area contributed by atoms with Crippen LogP contribution in [0.4, 0.5) is 11.4 Å². The Hall–Kier alpha value is -2.31. The van der Waals surface area contributed by atoms with E-state index in [4.69, 9.17) is 23.2 Å². The van der Waals surface area contributed by atoms with Gasteiger partial charge in [0, 0.05) is 23.4 Å². The molecule has 114 valence electrons. The van der Waals surface area contributed by atoms with E-state index in [1.807, 2.05) is 0 Å². The number of phenols is 1. The SMILES string of the molecule is O=C(CNc1cc(Cl)c(O)c(Cl)c1)c1cccc([N+](=O)[O-])c1. The zero-order valence-corrected chi connectivity index (χ0v) is 12.6. The summed E-state index contributed by atoms with van der Waals surface area (Å²) in [4.78, 5) is 22.2. The van der Waals surface area contributed by atoms with Crippen LogP contribution in [0.25, 0.3) is 0 Å². The third-order valence-electron chi connectivity index (χ3n) is 2.85. The molecule has 2 aromatic carbocycles.